The third-order valence-corrected chi connectivity index (χ3v) is 5.48. The van der Waals surface area contributed by atoms with Crippen molar-refractivity contribution in [2.45, 2.75) is 32.0 Å². The number of aliphatic imine (C=N–C) groups is 1. The zero-order valence-electron chi connectivity index (χ0n) is 16.0. The van der Waals surface area contributed by atoms with Crippen LogP contribution in [0.2, 0.25) is 0 Å². The van der Waals surface area contributed by atoms with Crippen molar-refractivity contribution in [3.63, 3.8) is 0 Å². The Balaban J connectivity index is 1.63. The fourth-order valence-electron chi connectivity index (χ4n) is 3.98. The molecule has 2 fully saturated rings. The highest BCUT2D eigenvalue weighted by molar-refractivity contribution is 6.08. The van der Waals surface area contributed by atoms with E-state index in [9.17, 15) is 9.59 Å². The summed E-state index contributed by atoms with van der Waals surface area (Å²) in [5.74, 6) is 1.39. The first-order chi connectivity index (χ1) is 13.1. The predicted octanol–water partition coefficient (Wildman–Crippen LogP) is 1.58. The standard InChI is InChI=1S/C19H25N5O3/c1-4-5-9-24-17(25)15-16(21(2)19(24)26)20-18-22(10-11-23(15)18)13-7-6-8-14(12-13)27-3/h6-8,12,15-16H,4-5,9-11H2,1-3H3. The van der Waals surface area contributed by atoms with Gasteiger partial charge in [0.2, 0.25) is 5.96 Å². The summed E-state index contributed by atoms with van der Waals surface area (Å²) in [6, 6.07) is 7.10. The molecule has 4 rings (SSSR count). The Kier molecular flexibility index (Phi) is 4.41. The van der Waals surface area contributed by atoms with E-state index in [1.54, 1.807) is 19.1 Å². The molecular weight excluding hydrogens is 346 g/mol. The SMILES string of the molecule is CCCCN1C(=O)C2C(N=C3N(c4cccc(OC)c4)CCN32)N(C)C1=O. The molecular formula is C19H25N5O3. The van der Waals surface area contributed by atoms with Crippen LogP contribution in [0.4, 0.5) is 10.5 Å². The van der Waals surface area contributed by atoms with Gasteiger partial charge in [-0.25, -0.2) is 9.79 Å². The Morgan fingerprint density at radius 1 is 1.26 bits per heavy atom. The van der Waals surface area contributed by atoms with Crippen LogP contribution >= 0.6 is 0 Å². The first kappa shape index (κ1) is 17.6. The maximum absolute atomic E-state index is 13.1. The molecule has 3 amide bonds. The largest absolute Gasteiger partial charge is 0.497 e. The van der Waals surface area contributed by atoms with E-state index in [1.807, 2.05) is 29.2 Å². The average Bonchev–Trinajstić information content (AvgIpc) is 3.25. The Morgan fingerprint density at radius 3 is 2.81 bits per heavy atom. The number of imide groups is 1. The molecule has 144 valence electrons. The minimum atomic E-state index is -0.466. The topological polar surface area (TPSA) is 68.7 Å². The van der Waals surface area contributed by atoms with Gasteiger partial charge in [-0.1, -0.05) is 19.4 Å². The number of anilines is 1. The van der Waals surface area contributed by atoms with Crippen molar-refractivity contribution in [1.29, 1.82) is 0 Å². The molecule has 0 spiro atoms. The van der Waals surface area contributed by atoms with Gasteiger partial charge >= 0.3 is 6.03 Å². The molecule has 2 unspecified atom stereocenters. The monoisotopic (exact) mass is 371 g/mol. The molecule has 2 saturated heterocycles. The van der Waals surface area contributed by atoms with Crippen molar-refractivity contribution < 1.29 is 14.3 Å². The third-order valence-electron chi connectivity index (χ3n) is 5.48. The van der Waals surface area contributed by atoms with Crippen molar-refractivity contribution in [2.24, 2.45) is 4.99 Å². The summed E-state index contributed by atoms with van der Waals surface area (Å²) in [6.45, 7) is 3.96. The molecule has 3 aliphatic heterocycles. The molecule has 0 aromatic heterocycles. The first-order valence-corrected chi connectivity index (χ1v) is 9.41. The Hall–Kier alpha value is -2.77. The van der Waals surface area contributed by atoms with Crippen molar-refractivity contribution in [3.8, 4) is 5.75 Å². The summed E-state index contributed by atoms with van der Waals surface area (Å²) in [6.07, 6.45) is 1.28. The van der Waals surface area contributed by atoms with Gasteiger partial charge in [0.15, 0.2) is 12.2 Å². The van der Waals surface area contributed by atoms with Crippen LogP contribution in [-0.2, 0) is 4.79 Å². The minimum absolute atomic E-state index is 0.136. The predicted molar refractivity (Wildman–Crippen MR) is 102 cm³/mol. The summed E-state index contributed by atoms with van der Waals surface area (Å²) in [7, 11) is 3.37. The number of rotatable bonds is 5. The second kappa shape index (κ2) is 6.75. The second-order valence-electron chi connectivity index (χ2n) is 7.07. The summed E-state index contributed by atoms with van der Waals surface area (Å²) in [5, 5.41) is 0. The molecule has 0 saturated carbocycles. The van der Waals surface area contributed by atoms with Gasteiger partial charge in [0.1, 0.15) is 5.75 Å². The van der Waals surface area contributed by atoms with Crippen molar-refractivity contribution >= 4 is 23.6 Å². The number of carbonyl (C=O) groups excluding carboxylic acids is 2. The summed E-state index contributed by atoms with van der Waals surface area (Å²) in [5.41, 5.74) is 0.971. The van der Waals surface area contributed by atoms with Crippen LogP contribution in [0.5, 0.6) is 5.75 Å². The van der Waals surface area contributed by atoms with Crippen LogP contribution < -0.4 is 9.64 Å². The van der Waals surface area contributed by atoms with E-state index in [4.69, 9.17) is 9.73 Å². The Labute approximate surface area is 159 Å². The third kappa shape index (κ3) is 2.70. The number of amides is 3. The minimum Gasteiger partial charge on any atom is -0.497 e. The number of ether oxygens (including phenoxy) is 1. The number of hydrogen-bond donors (Lipinski definition) is 0. The molecule has 8 heteroatoms. The lowest BCUT2D eigenvalue weighted by Gasteiger charge is -2.40. The maximum Gasteiger partial charge on any atom is 0.328 e. The van der Waals surface area contributed by atoms with Gasteiger partial charge in [0.05, 0.1) is 7.11 Å². The molecule has 0 radical (unpaired) electrons. The number of urea groups is 1. The van der Waals surface area contributed by atoms with Gasteiger partial charge in [-0.05, 0) is 18.6 Å². The van der Waals surface area contributed by atoms with Crippen LogP contribution in [0.3, 0.4) is 0 Å². The lowest BCUT2D eigenvalue weighted by Crippen LogP contribution is -2.64. The zero-order valence-corrected chi connectivity index (χ0v) is 16.0. The van der Waals surface area contributed by atoms with Crippen LogP contribution in [-0.4, -0.2) is 78.6 Å². The fraction of sp³-hybridized carbons (Fsp3) is 0.526. The van der Waals surface area contributed by atoms with Crippen LogP contribution in [0.25, 0.3) is 0 Å². The second-order valence-corrected chi connectivity index (χ2v) is 7.07. The van der Waals surface area contributed by atoms with Gasteiger partial charge in [-0.15, -0.1) is 0 Å². The highest BCUT2D eigenvalue weighted by Crippen LogP contribution is 2.34. The smallest absolute Gasteiger partial charge is 0.328 e. The number of benzene rings is 1. The Morgan fingerprint density at radius 2 is 2.07 bits per heavy atom. The lowest BCUT2D eigenvalue weighted by molar-refractivity contribution is -0.137. The zero-order chi connectivity index (χ0) is 19.1. The van der Waals surface area contributed by atoms with Crippen LogP contribution in [0.15, 0.2) is 29.3 Å². The highest BCUT2D eigenvalue weighted by Gasteiger charge is 2.54. The molecule has 1 aromatic carbocycles. The van der Waals surface area contributed by atoms with E-state index in [-0.39, 0.29) is 11.9 Å². The van der Waals surface area contributed by atoms with Crippen molar-refractivity contribution in [1.82, 2.24) is 14.7 Å². The number of hydrogen-bond acceptors (Lipinski definition) is 6. The van der Waals surface area contributed by atoms with E-state index < -0.39 is 12.2 Å². The van der Waals surface area contributed by atoms with Crippen LogP contribution in [0, 0.1) is 0 Å². The summed E-state index contributed by atoms with van der Waals surface area (Å²) < 4.78 is 5.33. The van der Waals surface area contributed by atoms with E-state index in [0.29, 0.717) is 13.1 Å². The molecule has 3 heterocycles. The molecule has 0 bridgehead atoms. The number of unbranched alkanes of at least 4 members (excludes halogenated alkanes) is 1. The molecule has 0 aliphatic carbocycles. The molecule has 8 nitrogen and oxygen atoms in total. The fourth-order valence-corrected chi connectivity index (χ4v) is 3.98. The van der Waals surface area contributed by atoms with E-state index in [0.717, 1.165) is 36.8 Å². The van der Waals surface area contributed by atoms with Gasteiger partial charge in [0.25, 0.3) is 5.91 Å². The number of guanidine groups is 1. The maximum atomic E-state index is 13.1. The number of carbonyl (C=O) groups is 2. The van der Waals surface area contributed by atoms with Crippen LogP contribution in [0.1, 0.15) is 19.8 Å². The first-order valence-electron chi connectivity index (χ1n) is 9.41. The van der Waals surface area contributed by atoms with Crippen molar-refractivity contribution in [2.75, 3.05) is 38.7 Å². The molecule has 27 heavy (non-hydrogen) atoms. The van der Waals surface area contributed by atoms with E-state index in [1.165, 1.54) is 4.90 Å². The van der Waals surface area contributed by atoms with Crippen molar-refractivity contribution in [3.05, 3.63) is 24.3 Å². The normalized spacial score (nSPS) is 24.3. The summed E-state index contributed by atoms with van der Waals surface area (Å²) in [4.78, 5) is 37.6. The molecule has 3 aliphatic rings. The lowest BCUT2D eigenvalue weighted by atomic mass is 10.1. The quantitative estimate of drug-likeness (QED) is 0.786. The Bertz CT molecular complexity index is 795. The molecule has 2 atom stereocenters. The molecule has 1 aromatic rings. The molecule has 0 N–H and O–H groups in total. The summed E-state index contributed by atoms with van der Waals surface area (Å²) >= 11 is 0. The van der Waals surface area contributed by atoms with Gasteiger partial charge in [-0.3, -0.25) is 9.69 Å². The number of methoxy groups -OCH3 is 1. The van der Waals surface area contributed by atoms with Gasteiger partial charge < -0.3 is 19.4 Å². The van der Waals surface area contributed by atoms with E-state index >= 15 is 0 Å². The number of fused-ring (bicyclic) bond motifs is 3. The number of likely N-dealkylation sites (N-methyl/N-ethyl adjacent to an activating group) is 1. The van der Waals surface area contributed by atoms with E-state index in [2.05, 4.69) is 11.8 Å². The van der Waals surface area contributed by atoms with Gasteiger partial charge in [-0.2, -0.15) is 0 Å². The highest BCUT2D eigenvalue weighted by atomic mass is 16.5. The van der Waals surface area contributed by atoms with Gasteiger partial charge in [0, 0.05) is 38.4 Å². The number of nitrogens with zero attached hydrogens (tertiary/aromatic N) is 5. The average molecular weight is 371 g/mol.